The SMILES string of the molecule is Cc1cnccc1-c1cnc(N(C)C)nc1C1CCCCN1C(=O)c1ccccn1. The summed E-state index contributed by atoms with van der Waals surface area (Å²) in [7, 11) is 3.85. The van der Waals surface area contributed by atoms with E-state index in [4.69, 9.17) is 4.98 Å². The van der Waals surface area contributed by atoms with Crippen LogP contribution >= 0.6 is 0 Å². The van der Waals surface area contributed by atoms with Crippen molar-refractivity contribution in [1.82, 2.24) is 24.8 Å². The van der Waals surface area contributed by atoms with Crippen LogP contribution in [0.15, 0.2) is 49.1 Å². The third kappa shape index (κ3) is 3.87. The fraction of sp³-hybridized carbons (Fsp3) is 0.348. The van der Waals surface area contributed by atoms with Gasteiger partial charge in [-0.15, -0.1) is 0 Å². The minimum absolute atomic E-state index is 0.0530. The van der Waals surface area contributed by atoms with Gasteiger partial charge in [-0.1, -0.05) is 6.07 Å². The van der Waals surface area contributed by atoms with Crippen LogP contribution in [0.2, 0.25) is 0 Å². The van der Waals surface area contributed by atoms with E-state index >= 15 is 0 Å². The van der Waals surface area contributed by atoms with Gasteiger partial charge in [0, 0.05) is 51.0 Å². The van der Waals surface area contributed by atoms with Gasteiger partial charge in [0.15, 0.2) is 0 Å². The normalized spacial score (nSPS) is 16.4. The lowest BCUT2D eigenvalue weighted by atomic mass is 9.92. The molecule has 4 heterocycles. The number of aromatic nitrogens is 4. The molecular formula is C23H26N6O. The topological polar surface area (TPSA) is 75.1 Å². The van der Waals surface area contributed by atoms with Crippen molar-refractivity contribution < 1.29 is 4.79 Å². The highest BCUT2D eigenvalue weighted by Crippen LogP contribution is 2.37. The number of likely N-dealkylation sites (tertiary alicyclic amines) is 1. The van der Waals surface area contributed by atoms with E-state index < -0.39 is 0 Å². The van der Waals surface area contributed by atoms with Gasteiger partial charge in [-0.2, -0.15) is 0 Å². The molecule has 0 aliphatic carbocycles. The molecule has 1 saturated heterocycles. The highest BCUT2D eigenvalue weighted by Gasteiger charge is 2.32. The molecule has 0 aromatic carbocycles. The Labute approximate surface area is 176 Å². The molecule has 1 unspecified atom stereocenters. The minimum atomic E-state index is -0.127. The molecule has 0 spiro atoms. The minimum Gasteiger partial charge on any atom is -0.347 e. The zero-order valence-corrected chi connectivity index (χ0v) is 17.6. The van der Waals surface area contributed by atoms with Crippen LogP contribution in [0.1, 0.15) is 47.1 Å². The fourth-order valence-electron chi connectivity index (χ4n) is 3.93. The molecule has 1 aliphatic heterocycles. The molecule has 0 saturated carbocycles. The molecule has 154 valence electrons. The Bertz CT molecular complexity index is 1040. The summed E-state index contributed by atoms with van der Waals surface area (Å²) in [6, 6.07) is 7.30. The molecule has 0 N–H and O–H groups in total. The first kappa shape index (κ1) is 19.9. The Balaban J connectivity index is 1.82. The van der Waals surface area contributed by atoms with Crippen LogP contribution in [0.4, 0.5) is 5.95 Å². The molecule has 7 nitrogen and oxygen atoms in total. The molecule has 4 rings (SSSR count). The number of anilines is 1. The largest absolute Gasteiger partial charge is 0.347 e. The van der Waals surface area contributed by atoms with Gasteiger partial charge in [0.1, 0.15) is 5.69 Å². The van der Waals surface area contributed by atoms with Crippen molar-refractivity contribution >= 4 is 11.9 Å². The van der Waals surface area contributed by atoms with Crippen LogP contribution in [0.25, 0.3) is 11.1 Å². The number of carbonyl (C=O) groups excluding carboxylic acids is 1. The van der Waals surface area contributed by atoms with Crippen molar-refractivity contribution in [3.63, 3.8) is 0 Å². The van der Waals surface area contributed by atoms with Crippen molar-refractivity contribution in [1.29, 1.82) is 0 Å². The van der Waals surface area contributed by atoms with E-state index in [1.807, 2.05) is 61.4 Å². The first-order valence-corrected chi connectivity index (χ1v) is 10.2. The van der Waals surface area contributed by atoms with Crippen molar-refractivity contribution in [3.8, 4) is 11.1 Å². The summed E-state index contributed by atoms with van der Waals surface area (Å²) >= 11 is 0. The smallest absolute Gasteiger partial charge is 0.273 e. The molecule has 1 atom stereocenters. The second-order valence-electron chi connectivity index (χ2n) is 7.78. The van der Waals surface area contributed by atoms with Gasteiger partial charge in [-0.3, -0.25) is 14.8 Å². The van der Waals surface area contributed by atoms with E-state index in [1.54, 1.807) is 18.5 Å². The predicted octanol–water partition coefficient (Wildman–Crippen LogP) is 3.68. The number of amides is 1. The molecule has 3 aromatic rings. The Morgan fingerprint density at radius 3 is 2.67 bits per heavy atom. The van der Waals surface area contributed by atoms with E-state index in [2.05, 4.69) is 15.0 Å². The lowest BCUT2D eigenvalue weighted by molar-refractivity contribution is 0.0600. The third-order valence-corrected chi connectivity index (χ3v) is 5.48. The number of carbonyl (C=O) groups is 1. The summed E-state index contributed by atoms with van der Waals surface area (Å²) in [5.41, 5.74) is 4.39. The summed E-state index contributed by atoms with van der Waals surface area (Å²) in [5.74, 6) is 0.582. The average Bonchev–Trinajstić information content (AvgIpc) is 2.79. The van der Waals surface area contributed by atoms with Gasteiger partial charge < -0.3 is 9.80 Å². The zero-order valence-electron chi connectivity index (χ0n) is 17.6. The summed E-state index contributed by atoms with van der Waals surface area (Å²) < 4.78 is 0. The second-order valence-corrected chi connectivity index (χ2v) is 7.78. The molecular weight excluding hydrogens is 376 g/mol. The maximum Gasteiger partial charge on any atom is 0.273 e. The highest BCUT2D eigenvalue weighted by molar-refractivity contribution is 5.92. The van der Waals surface area contributed by atoms with E-state index in [9.17, 15) is 4.79 Å². The predicted molar refractivity (Wildman–Crippen MR) is 116 cm³/mol. The van der Waals surface area contributed by atoms with Gasteiger partial charge in [0.25, 0.3) is 5.91 Å². The highest BCUT2D eigenvalue weighted by atomic mass is 16.2. The van der Waals surface area contributed by atoms with Crippen LogP contribution in [0.3, 0.4) is 0 Å². The van der Waals surface area contributed by atoms with Gasteiger partial charge in [-0.25, -0.2) is 9.97 Å². The monoisotopic (exact) mass is 402 g/mol. The molecule has 0 radical (unpaired) electrons. The van der Waals surface area contributed by atoms with Crippen molar-refractivity contribution in [3.05, 3.63) is 66.0 Å². The standard InChI is InChI=1S/C23H26N6O/c1-16-14-24-12-10-17(16)18-15-26-23(28(2)3)27-21(18)20-9-5-7-13-29(20)22(30)19-8-4-6-11-25-19/h4,6,8,10-12,14-15,20H,5,7,9,13H2,1-3H3. The van der Waals surface area contributed by atoms with Crippen LogP contribution < -0.4 is 4.90 Å². The quantitative estimate of drug-likeness (QED) is 0.663. The van der Waals surface area contributed by atoms with Gasteiger partial charge in [0.05, 0.1) is 11.7 Å². The van der Waals surface area contributed by atoms with Crippen LogP contribution in [-0.4, -0.2) is 51.4 Å². The summed E-state index contributed by atoms with van der Waals surface area (Å²) in [6.07, 6.45) is 10.0. The lowest BCUT2D eigenvalue weighted by Crippen LogP contribution is -2.39. The molecule has 0 bridgehead atoms. The number of piperidine rings is 1. The molecule has 1 aliphatic rings. The summed E-state index contributed by atoms with van der Waals surface area (Å²) in [6.45, 7) is 2.72. The van der Waals surface area contributed by atoms with E-state index in [1.165, 1.54) is 0 Å². The van der Waals surface area contributed by atoms with Crippen LogP contribution in [0, 0.1) is 6.92 Å². The number of nitrogens with zero attached hydrogens (tertiary/aromatic N) is 6. The first-order chi connectivity index (χ1) is 14.6. The third-order valence-electron chi connectivity index (χ3n) is 5.48. The molecule has 3 aromatic heterocycles. The van der Waals surface area contributed by atoms with E-state index in [-0.39, 0.29) is 11.9 Å². The number of hydrogen-bond donors (Lipinski definition) is 0. The number of pyridine rings is 2. The maximum atomic E-state index is 13.3. The van der Waals surface area contributed by atoms with Crippen molar-refractivity contribution in [2.24, 2.45) is 0 Å². The molecule has 1 fully saturated rings. The van der Waals surface area contributed by atoms with Crippen LogP contribution in [-0.2, 0) is 0 Å². The summed E-state index contributed by atoms with van der Waals surface area (Å²) in [5, 5.41) is 0. The molecule has 1 amide bonds. The molecule has 7 heteroatoms. The fourth-order valence-corrected chi connectivity index (χ4v) is 3.93. The Morgan fingerprint density at radius 2 is 1.93 bits per heavy atom. The van der Waals surface area contributed by atoms with Gasteiger partial charge in [0.2, 0.25) is 5.95 Å². The van der Waals surface area contributed by atoms with Crippen molar-refractivity contribution in [2.45, 2.75) is 32.2 Å². The second kappa shape index (κ2) is 8.57. The number of hydrogen-bond acceptors (Lipinski definition) is 6. The number of rotatable bonds is 4. The van der Waals surface area contributed by atoms with Gasteiger partial charge >= 0.3 is 0 Å². The Hall–Kier alpha value is -3.35. The zero-order chi connectivity index (χ0) is 21.1. The summed E-state index contributed by atoms with van der Waals surface area (Å²) in [4.78, 5) is 35.1. The Kier molecular flexibility index (Phi) is 5.70. The number of aryl methyl sites for hydroxylation is 1. The average molecular weight is 403 g/mol. The first-order valence-electron chi connectivity index (χ1n) is 10.2. The van der Waals surface area contributed by atoms with Crippen molar-refractivity contribution in [2.75, 3.05) is 25.5 Å². The van der Waals surface area contributed by atoms with E-state index in [0.29, 0.717) is 18.2 Å². The maximum absolute atomic E-state index is 13.3. The van der Waals surface area contributed by atoms with Crippen LogP contribution in [0.5, 0.6) is 0 Å². The Morgan fingerprint density at radius 1 is 1.07 bits per heavy atom. The van der Waals surface area contributed by atoms with E-state index in [0.717, 1.165) is 41.6 Å². The molecule has 30 heavy (non-hydrogen) atoms. The lowest BCUT2D eigenvalue weighted by Gasteiger charge is -2.36. The van der Waals surface area contributed by atoms with Gasteiger partial charge in [-0.05, 0) is 55.5 Å².